The fraction of sp³-hybridized carbons (Fsp3) is 1.00. The molecule has 0 spiro atoms. The first kappa shape index (κ1) is 7.84. The lowest BCUT2D eigenvalue weighted by Gasteiger charge is -2.34. The molecule has 1 atom stereocenters. The van der Waals surface area contributed by atoms with E-state index in [0.29, 0.717) is 6.54 Å². The maximum Gasteiger partial charge on any atom is 0.0948 e. The fourth-order valence-electron chi connectivity index (χ4n) is 0.258. The van der Waals surface area contributed by atoms with Crippen LogP contribution >= 0.6 is 0 Å². The van der Waals surface area contributed by atoms with E-state index in [0.717, 1.165) is 0 Å². The van der Waals surface area contributed by atoms with Crippen LogP contribution in [0.3, 0.4) is 0 Å². The van der Waals surface area contributed by atoms with Crippen LogP contribution in [-0.2, 0) is 4.84 Å². The van der Waals surface area contributed by atoms with Gasteiger partial charge in [0.1, 0.15) is 0 Å². The van der Waals surface area contributed by atoms with Gasteiger partial charge in [0.15, 0.2) is 0 Å². The first-order valence-corrected chi connectivity index (χ1v) is 2.49. The molecule has 0 amide bonds. The molecular formula is C4H12N2O2. The van der Waals surface area contributed by atoms with Gasteiger partial charge in [-0.05, 0) is 12.5 Å². The Morgan fingerprint density at radius 1 is 1.75 bits per heavy atom. The van der Waals surface area contributed by atoms with Crippen molar-refractivity contribution in [3.8, 4) is 0 Å². The predicted molar refractivity (Wildman–Crippen MR) is 30.2 cm³/mol. The minimum absolute atomic E-state index is 0.452. The Hall–Kier alpha value is -0.160. The second-order valence-electron chi connectivity index (χ2n) is 1.71. The van der Waals surface area contributed by atoms with Crippen LogP contribution in [-0.4, -0.2) is 25.5 Å². The minimum atomic E-state index is -0.559. The zero-order valence-electron chi connectivity index (χ0n) is 5.47. The van der Waals surface area contributed by atoms with Crippen LogP contribution in [0.5, 0.6) is 0 Å². The average Bonchev–Trinajstić information content (AvgIpc) is 1.67. The molecule has 0 aromatic heterocycles. The van der Waals surface area contributed by atoms with Crippen molar-refractivity contribution >= 4 is 0 Å². The van der Waals surface area contributed by atoms with Gasteiger partial charge < -0.3 is 5.21 Å². The number of hydroxylamine groups is 2. The summed E-state index contributed by atoms with van der Waals surface area (Å²) in [6, 6.07) is 0. The fourth-order valence-corrected chi connectivity index (χ4v) is 0.258. The highest BCUT2D eigenvalue weighted by Gasteiger charge is 2.02. The molecule has 0 aliphatic rings. The van der Waals surface area contributed by atoms with Gasteiger partial charge in [-0.3, -0.25) is 9.59 Å². The van der Waals surface area contributed by atoms with E-state index in [4.69, 9.17) is 0 Å². The summed E-state index contributed by atoms with van der Waals surface area (Å²) in [5.41, 5.74) is 2.25. The van der Waals surface area contributed by atoms with Crippen LogP contribution in [0.2, 0.25) is 0 Å². The second-order valence-corrected chi connectivity index (χ2v) is 1.71. The number of rotatable bonds is 3. The van der Waals surface area contributed by atoms with Crippen molar-refractivity contribution in [2.75, 3.05) is 20.7 Å². The second kappa shape index (κ2) is 2.99. The molecule has 4 nitrogen and oxygen atoms in total. The highest BCUT2D eigenvalue weighted by atomic mass is 16.8. The maximum absolute atomic E-state index is 10.8. The van der Waals surface area contributed by atoms with E-state index in [1.54, 1.807) is 6.92 Å². The van der Waals surface area contributed by atoms with Gasteiger partial charge in [-0.15, -0.1) is 0 Å². The summed E-state index contributed by atoms with van der Waals surface area (Å²) in [4.78, 5) is 4.41. The Morgan fingerprint density at radius 3 is 2.38 bits per heavy atom. The summed E-state index contributed by atoms with van der Waals surface area (Å²) < 4.78 is -0.559. The first-order valence-electron chi connectivity index (χ1n) is 2.49. The van der Waals surface area contributed by atoms with Gasteiger partial charge in [0.25, 0.3) is 0 Å². The van der Waals surface area contributed by atoms with E-state index < -0.39 is 4.76 Å². The van der Waals surface area contributed by atoms with Crippen LogP contribution in [0.4, 0.5) is 0 Å². The van der Waals surface area contributed by atoms with Crippen molar-refractivity contribution in [2.45, 2.75) is 6.92 Å². The van der Waals surface area contributed by atoms with Crippen LogP contribution in [0.15, 0.2) is 0 Å². The third kappa shape index (κ3) is 2.92. The van der Waals surface area contributed by atoms with Crippen LogP contribution in [0, 0.1) is 5.21 Å². The number of hydrogen-bond donors (Lipinski definition) is 1. The molecule has 50 valence electrons. The van der Waals surface area contributed by atoms with E-state index >= 15 is 0 Å². The van der Waals surface area contributed by atoms with E-state index in [1.165, 1.54) is 14.2 Å². The predicted octanol–water partition coefficient (Wildman–Crippen LogP) is 0.0167. The smallest absolute Gasteiger partial charge is 0.0948 e. The van der Waals surface area contributed by atoms with Crippen LogP contribution < -0.4 is 5.59 Å². The molecule has 4 heteroatoms. The molecule has 1 unspecified atom stereocenters. The third-order valence-corrected chi connectivity index (χ3v) is 0.888. The van der Waals surface area contributed by atoms with Gasteiger partial charge in [0.05, 0.1) is 20.7 Å². The molecule has 0 aliphatic heterocycles. The summed E-state index contributed by atoms with van der Waals surface area (Å²) in [5, 5.41) is 10.8. The van der Waals surface area contributed by atoms with Crippen molar-refractivity contribution < 1.29 is 9.59 Å². The molecule has 8 heavy (non-hydrogen) atoms. The van der Waals surface area contributed by atoms with E-state index in [9.17, 15) is 5.21 Å². The molecule has 0 bridgehead atoms. The van der Waals surface area contributed by atoms with Crippen LogP contribution in [0.25, 0.3) is 0 Å². The maximum atomic E-state index is 10.8. The summed E-state index contributed by atoms with van der Waals surface area (Å²) in [6.45, 7) is 2.23. The lowest BCUT2D eigenvalue weighted by atomic mass is 10.7. The molecule has 0 fully saturated rings. The van der Waals surface area contributed by atoms with E-state index in [2.05, 4.69) is 10.4 Å². The Morgan fingerprint density at radius 2 is 2.25 bits per heavy atom. The third-order valence-electron chi connectivity index (χ3n) is 0.888. The number of hydrogen-bond acceptors (Lipinski definition) is 3. The molecule has 0 aromatic rings. The van der Waals surface area contributed by atoms with Crippen molar-refractivity contribution in [1.29, 1.82) is 0 Å². The standard InChI is InChI=1S/C4H12N2O2/c1-4-6(2,7)5-8-3/h5H,4H2,1-3H3. The number of nitrogens with zero attached hydrogens (tertiary/aromatic N) is 1. The van der Waals surface area contributed by atoms with Gasteiger partial charge in [-0.1, -0.05) is 0 Å². The highest BCUT2D eigenvalue weighted by molar-refractivity contribution is 4.16. The lowest BCUT2D eigenvalue weighted by molar-refractivity contribution is -0.932. The molecule has 0 aromatic carbocycles. The monoisotopic (exact) mass is 120 g/mol. The Bertz CT molecular complexity index is 65.1. The van der Waals surface area contributed by atoms with E-state index in [-0.39, 0.29) is 0 Å². The van der Waals surface area contributed by atoms with Gasteiger partial charge in [0, 0.05) is 0 Å². The van der Waals surface area contributed by atoms with Gasteiger partial charge >= 0.3 is 0 Å². The van der Waals surface area contributed by atoms with Crippen molar-refractivity contribution in [3.63, 3.8) is 0 Å². The Balaban J connectivity index is 3.37. The molecule has 0 radical (unpaired) electrons. The summed E-state index contributed by atoms with van der Waals surface area (Å²) >= 11 is 0. The van der Waals surface area contributed by atoms with E-state index in [1.807, 2.05) is 0 Å². The quantitative estimate of drug-likeness (QED) is 0.421. The minimum Gasteiger partial charge on any atom is -0.610 e. The van der Waals surface area contributed by atoms with Crippen molar-refractivity contribution in [3.05, 3.63) is 5.21 Å². The summed E-state index contributed by atoms with van der Waals surface area (Å²) in [6.07, 6.45) is 0. The molecular weight excluding hydrogens is 108 g/mol. The first-order chi connectivity index (χ1) is 3.62. The van der Waals surface area contributed by atoms with Crippen molar-refractivity contribution in [2.24, 2.45) is 0 Å². The summed E-state index contributed by atoms with van der Waals surface area (Å²) in [7, 11) is 2.90. The lowest BCUT2D eigenvalue weighted by Crippen LogP contribution is -2.49. The van der Waals surface area contributed by atoms with Crippen LogP contribution in [0.1, 0.15) is 6.92 Å². The number of quaternary nitrogens is 1. The zero-order valence-corrected chi connectivity index (χ0v) is 5.47. The topological polar surface area (TPSA) is 44.3 Å². The van der Waals surface area contributed by atoms with Gasteiger partial charge in [-0.2, -0.15) is 0 Å². The SMILES string of the molecule is CC[N+](C)([O-])NOC. The molecule has 0 saturated carbocycles. The number of nitrogens with one attached hydrogen (secondary N) is 1. The average molecular weight is 120 g/mol. The van der Waals surface area contributed by atoms with Gasteiger partial charge in [0.2, 0.25) is 0 Å². The summed E-state index contributed by atoms with van der Waals surface area (Å²) in [5.74, 6) is 0. The normalized spacial score (nSPS) is 18.0. The highest BCUT2D eigenvalue weighted by Crippen LogP contribution is 1.88. The molecule has 1 N–H and O–H groups in total. The Kier molecular flexibility index (Phi) is 2.93. The molecule has 0 saturated heterocycles. The zero-order chi connectivity index (χ0) is 6.62. The van der Waals surface area contributed by atoms with Gasteiger partial charge in [-0.25, -0.2) is 0 Å². The molecule has 0 rings (SSSR count). The molecule has 0 heterocycles. The van der Waals surface area contributed by atoms with Crippen molar-refractivity contribution in [1.82, 2.24) is 5.59 Å². The largest absolute Gasteiger partial charge is 0.610 e. The Labute approximate surface area is 49.1 Å². The molecule has 0 aliphatic carbocycles.